The fraction of sp³-hybridized carbons (Fsp3) is 0.222. The van der Waals surface area contributed by atoms with Gasteiger partial charge in [-0.3, -0.25) is 9.78 Å². The van der Waals surface area contributed by atoms with Crippen molar-refractivity contribution in [2.24, 2.45) is 0 Å². The highest BCUT2D eigenvalue weighted by molar-refractivity contribution is 5.78. The molecule has 0 amide bonds. The summed E-state index contributed by atoms with van der Waals surface area (Å²) in [5.41, 5.74) is 0.757. The van der Waals surface area contributed by atoms with Crippen molar-refractivity contribution in [1.82, 2.24) is 4.98 Å². The largest absolute Gasteiger partial charge is 0.459 e. The lowest BCUT2D eigenvalue weighted by molar-refractivity contribution is -0.140. The third kappa shape index (κ3) is 2.70. The Kier molecular flexibility index (Phi) is 3.26. The number of hydrogen-bond donors (Lipinski definition) is 0. The summed E-state index contributed by atoms with van der Waals surface area (Å²) in [5, 5.41) is 0. The topological polar surface area (TPSA) is 39.2 Å². The molecule has 1 radical (unpaired) electrons. The molecule has 3 heteroatoms. The maximum absolute atomic E-state index is 10.7. The Labute approximate surface area is 71.4 Å². The highest BCUT2D eigenvalue weighted by atomic mass is 16.5. The number of aromatic nitrogens is 1. The lowest BCUT2D eigenvalue weighted by Gasteiger charge is -2.00. The molecule has 0 aliphatic carbocycles. The summed E-state index contributed by atoms with van der Waals surface area (Å²) >= 11 is 0. The SMILES string of the molecule is C[CH]C(=O)OCc1ccccn1. The van der Waals surface area contributed by atoms with Gasteiger partial charge in [0.15, 0.2) is 0 Å². The van der Waals surface area contributed by atoms with E-state index in [0.717, 1.165) is 5.69 Å². The molecule has 12 heavy (non-hydrogen) atoms. The zero-order valence-corrected chi connectivity index (χ0v) is 6.86. The van der Waals surface area contributed by atoms with Gasteiger partial charge >= 0.3 is 5.97 Å². The minimum atomic E-state index is -0.319. The van der Waals surface area contributed by atoms with Gasteiger partial charge in [-0.25, -0.2) is 0 Å². The summed E-state index contributed by atoms with van der Waals surface area (Å²) in [6.45, 7) is 1.88. The van der Waals surface area contributed by atoms with Gasteiger partial charge in [0.1, 0.15) is 6.61 Å². The van der Waals surface area contributed by atoms with Crippen LogP contribution in [0.25, 0.3) is 0 Å². The van der Waals surface area contributed by atoms with Crippen LogP contribution >= 0.6 is 0 Å². The van der Waals surface area contributed by atoms with E-state index in [2.05, 4.69) is 4.98 Å². The van der Waals surface area contributed by atoms with Crippen LogP contribution in [0.5, 0.6) is 0 Å². The molecule has 0 N–H and O–H groups in total. The fourth-order valence-corrected chi connectivity index (χ4v) is 0.712. The Hall–Kier alpha value is -1.38. The molecule has 0 bridgehead atoms. The third-order valence-electron chi connectivity index (χ3n) is 1.32. The van der Waals surface area contributed by atoms with Crippen LogP contribution < -0.4 is 0 Å². The normalized spacial score (nSPS) is 9.42. The Balaban J connectivity index is 2.38. The number of carbonyl (C=O) groups is 1. The molecule has 63 valence electrons. The summed E-state index contributed by atoms with van der Waals surface area (Å²) in [7, 11) is 0. The van der Waals surface area contributed by atoms with Crippen molar-refractivity contribution in [3.63, 3.8) is 0 Å². The first-order valence-electron chi connectivity index (χ1n) is 3.69. The number of ether oxygens (including phenoxy) is 1. The Bertz CT molecular complexity index is 246. The highest BCUT2D eigenvalue weighted by Crippen LogP contribution is 1.96. The molecule has 0 aliphatic rings. The first-order chi connectivity index (χ1) is 5.83. The second-order valence-electron chi connectivity index (χ2n) is 2.22. The number of nitrogens with zero attached hydrogens (tertiary/aromatic N) is 1. The van der Waals surface area contributed by atoms with E-state index in [-0.39, 0.29) is 12.6 Å². The van der Waals surface area contributed by atoms with Crippen molar-refractivity contribution in [1.29, 1.82) is 0 Å². The average Bonchev–Trinajstić information content (AvgIpc) is 2.16. The molecule has 0 saturated carbocycles. The molecule has 0 spiro atoms. The minimum Gasteiger partial charge on any atom is -0.459 e. The van der Waals surface area contributed by atoms with Gasteiger partial charge in [0.2, 0.25) is 0 Å². The van der Waals surface area contributed by atoms with E-state index < -0.39 is 0 Å². The monoisotopic (exact) mass is 164 g/mol. The van der Waals surface area contributed by atoms with Crippen molar-refractivity contribution < 1.29 is 9.53 Å². The number of carbonyl (C=O) groups excluding carboxylic acids is 1. The minimum absolute atomic E-state index is 0.240. The number of rotatable bonds is 3. The second kappa shape index (κ2) is 4.49. The average molecular weight is 164 g/mol. The Morgan fingerprint density at radius 1 is 1.67 bits per heavy atom. The molecule has 0 aliphatic heterocycles. The molecular formula is C9H10NO2. The zero-order chi connectivity index (χ0) is 8.81. The summed E-state index contributed by atoms with van der Waals surface area (Å²) in [4.78, 5) is 14.7. The molecule has 0 aromatic carbocycles. The van der Waals surface area contributed by atoms with Crippen LogP contribution in [0.3, 0.4) is 0 Å². The highest BCUT2D eigenvalue weighted by Gasteiger charge is 1.99. The lowest BCUT2D eigenvalue weighted by atomic mass is 10.4. The van der Waals surface area contributed by atoms with Gasteiger partial charge in [0.05, 0.1) is 12.1 Å². The first kappa shape index (κ1) is 8.71. The summed E-state index contributed by atoms with van der Waals surface area (Å²) < 4.78 is 4.82. The van der Waals surface area contributed by atoms with Crippen molar-refractivity contribution in [3.8, 4) is 0 Å². The van der Waals surface area contributed by atoms with Crippen molar-refractivity contribution in [3.05, 3.63) is 36.5 Å². The molecule has 0 unspecified atom stereocenters. The maximum Gasteiger partial charge on any atom is 0.309 e. The van der Waals surface area contributed by atoms with Gasteiger partial charge in [0, 0.05) is 6.20 Å². The predicted molar refractivity (Wildman–Crippen MR) is 44.0 cm³/mol. The van der Waals surface area contributed by atoms with Crippen LogP contribution in [0.4, 0.5) is 0 Å². The fourth-order valence-electron chi connectivity index (χ4n) is 0.712. The van der Waals surface area contributed by atoms with Crippen molar-refractivity contribution in [2.45, 2.75) is 13.5 Å². The van der Waals surface area contributed by atoms with E-state index in [0.29, 0.717) is 0 Å². The molecule has 1 rings (SSSR count). The maximum atomic E-state index is 10.7. The molecule has 1 aromatic heterocycles. The van der Waals surface area contributed by atoms with E-state index in [1.54, 1.807) is 13.1 Å². The van der Waals surface area contributed by atoms with Crippen molar-refractivity contribution in [2.75, 3.05) is 0 Å². The number of hydrogen-bond acceptors (Lipinski definition) is 3. The van der Waals surface area contributed by atoms with Crippen LogP contribution in [-0.4, -0.2) is 11.0 Å². The van der Waals surface area contributed by atoms with Crippen LogP contribution in [0.15, 0.2) is 24.4 Å². The van der Waals surface area contributed by atoms with Crippen LogP contribution in [0, 0.1) is 6.42 Å². The molecule has 0 atom stereocenters. The number of pyridine rings is 1. The lowest BCUT2D eigenvalue weighted by Crippen LogP contribution is -2.03. The molecule has 0 fully saturated rings. The molecule has 1 heterocycles. The van der Waals surface area contributed by atoms with Gasteiger partial charge in [-0.2, -0.15) is 0 Å². The second-order valence-corrected chi connectivity index (χ2v) is 2.22. The molecule has 0 saturated heterocycles. The van der Waals surface area contributed by atoms with E-state index in [9.17, 15) is 4.79 Å². The molecule has 1 aromatic rings. The quantitative estimate of drug-likeness (QED) is 0.633. The predicted octanol–water partition coefficient (Wildman–Crippen LogP) is 1.35. The van der Waals surface area contributed by atoms with Crippen LogP contribution in [0.1, 0.15) is 12.6 Å². The van der Waals surface area contributed by atoms with Gasteiger partial charge in [-0.15, -0.1) is 0 Å². The van der Waals surface area contributed by atoms with E-state index in [4.69, 9.17) is 4.74 Å². The Morgan fingerprint density at radius 2 is 2.50 bits per heavy atom. The standard InChI is InChI=1S/C9H10NO2/c1-2-9(11)12-7-8-5-3-4-6-10-8/h2-6H,7H2,1H3. The van der Waals surface area contributed by atoms with Gasteiger partial charge in [0.25, 0.3) is 0 Å². The van der Waals surface area contributed by atoms with Gasteiger partial charge < -0.3 is 4.74 Å². The van der Waals surface area contributed by atoms with Crippen LogP contribution in [-0.2, 0) is 16.1 Å². The van der Waals surface area contributed by atoms with Crippen LogP contribution in [0.2, 0.25) is 0 Å². The molecule has 3 nitrogen and oxygen atoms in total. The smallest absolute Gasteiger partial charge is 0.309 e. The summed E-state index contributed by atoms with van der Waals surface area (Å²) in [5.74, 6) is -0.319. The van der Waals surface area contributed by atoms with Crippen molar-refractivity contribution >= 4 is 5.97 Å². The molecular weight excluding hydrogens is 154 g/mol. The first-order valence-corrected chi connectivity index (χ1v) is 3.69. The van der Waals surface area contributed by atoms with E-state index in [1.807, 2.05) is 18.2 Å². The van der Waals surface area contributed by atoms with E-state index in [1.165, 1.54) is 6.42 Å². The van der Waals surface area contributed by atoms with Gasteiger partial charge in [-0.05, 0) is 12.1 Å². The third-order valence-corrected chi connectivity index (χ3v) is 1.32. The van der Waals surface area contributed by atoms with Gasteiger partial charge in [-0.1, -0.05) is 13.0 Å². The number of esters is 1. The zero-order valence-electron chi connectivity index (χ0n) is 6.86. The summed E-state index contributed by atoms with van der Waals surface area (Å²) in [6, 6.07) is 5.48. The van der Waals surface area contributed by atoms with E-state index >= 15 is 0 Å². The Morgan fingerprint density at radius 3 is 3.08 bits per heavy atom. The summed E-state index contributed by atoms with van der Waals surface area (Å²) in [6.07, 6.45) is 3.04.